The van der Waals surface area contributed by atoms with Gasteiger partial charge in [0.15, 0.2) is 0 Å². The third kappa shape index (κ3) is 7.68. The zero-order valence-electron chi connectivity index (χ0n) is 39.6. The standard InChI is InChI=1S/C58H60N3O2.Pt/c1-33(2)43-29-38(56(5,6)7)30-44(34(3)4)52(43)61-47-23-17-22-41(51(47)60-55(61)45-31-39(57(8,9)10)32-46(53(45)62)58(11,12)13)36-19-16-20-37(28-36)50-54-42(26-27-59-50)49-40-21-15-14-18-35(40)24-25-48(49)63-54;/h14-27,29-34,62H,1-13H3;/q-1;. The van der Waals surface area contributed by atoms with Crippen molar-refractivity contribution in [1.29, 1.82) is 0 Å². The molecule has 0 radical (unpaired) electrons. The molecule has 0 unspecified atom stereocenters. The fourth-order valence-corrected chi connectivity index (χ4v) is 9.21. The van der Waals surface area contributed by atoms with Gasteiger partial charge >= 0.3 is 0 Å². The Hall–Kier alpha value is -5.51. The number of phenols is 1. The number of furan rings is 1. The van der Waals surface area contributed by atoms with Crippen molar-refractivity contribution in [3.63, 3.8) is 0 Å². The monoisotopic (exact) mass is 1030 g/mol. The molecular formula is C58H60N3O2Pt-. The second-order valence-corrected chi connectivity index (χ2v) is 21.2. The largest absolute Gasteiger partial charge is 0.507 e. The van der Waals surface area contributed by atoms with Crippen molar-refractivity contribution in [2.24, 2.45) is 0 Å². The van der Waals surface area contributed by atoms with E-state index in [1.807, 2.05) is 6.20 Å². The van der Waals surface area contributed by atoms with Crippen LogP contribution in [0.4, 0.5) is 0 Å². The number of aromatic nitrogens is 3. The van der Waals surface area contributed by atoms with Crippen molar-refractivity contribution in [2.75, 3.05) is 0 Å². The molecule has 0 aliphatic heterocycles. The summed E-state index contributed by atoms with van der Waals surface area (Å²) in [5, 5.41) is 17.0. The second-order valence-electron chi connectivity index (χ2n) is 21.2. The number of fused-ring (bicyclic) bond motifs is 6. The maximum absolute atomic E-state index is 12.5. The Balaban J connectivity index is 0.00000560. The second kappa shape index (κ2) is 16.2. The zero-order chi connectivity index (χ0) is 44.9. The fourth-order valence-electron chi connectivity index (χ4n) is 9.21. The Labute approximate surface area is 393 Å². The molecular weight excluding hydrogens is 966 g/mol. The minimum absolute atomic E-state index is 0. The molecule has 1 N–H and O–H groups in total. The van der Waals surface area contributed by atoms with Crippen molar-refractivity contribution >= 4 is 43.7 Å². The first kappa shape index (κ1) is 45.1. The van der Waals surface area contributed by atoms with Gasteiger partial charge in [-0.25, -0.2) is 4.98 Å². The van der Waals surface area contributed by atoms with E-state index in [0.29, 0.717) is 0 Å². The first-order valence-electron chi connectivity index (χ1n) is 22.5. The van der Waals surface area contributed by atoms with E-state index in [9.17, 15) is 5.11 Å². The van der Waals surface area contributed by atoms with Crippen LogP contribution >= 0.6 is 0 Å². The molecule has 9 rings (SSSR count). The van der Waals surface area contributed by atoms with E-state index in [1.54, 1.807) is 0 Å². The molecule has 0 saturated heterocycles. The molecule has 6 aromatic carbocycles. The summed E-state index contributed by atoms with van der Waals surface area (Å²) in [6.45, 7) is 29.2. The summed E-state index contributed by atoms with van der Waals surface area (Å²) in [5.41, 5.74) is 14.0. The van der Waals surface area contributed by atoms with Crippen LogP contribution < -0.4 is 0 Å². The average molecular weight is 1030 g/mol. The average Bonchev–Trinajstić information content (AvgIpc) is 3.81. The van der Waals surface area contributed by atoms with E-state index < -0.39 is 0 Å². The molecule has 0 amide bonds. The minimum atomic E-state index is -0.318. The third-order valence-corrected chi connectivity index (χ3v) is 12.8. The molecule has 5 nitrogen and oxygen atoms in total. The Morgan fingerprint density at radius 2 is 1.28 bits per heavy atom. The van der Waals surface area contributed by atoms with E-state index in [1.165, 1.54) is 22.1 Å². The quantitative estimate of drug-likeness (QED) is 0.169. The van der Waals surface area contributed by atoms with Crippen molar-refractivity contribution in [1.82, 2.24) is 14.5 Å². The predicted molar refractivity (Wildman–Crippen MR) is 265 cm³/mol. The maximum Gasteiger partial charge on any atom is 0.148 e. The normalized spacial score (nSPS) is 12.7. The number of hydrogen-bond acceptors (Lipinski definition) is 4. The summed E-state index contributed by atoms with van der Waals surface area (Å²) in [6.07, 6.45) is 1.87. The predicted octanol–water partition coefficient (Wildman–Crippen LogP) is 16.1. The molecule has 0 aliphatic rings. The van der Waals surface area contributed by atoms with E-state index >= 15 is 0 Å². The third-order valence-electron chi connectivity index (χ3n) is 12.8. The smallest absolute Gasteiger partial charge is 0.148 e. The van der Waals surface area contributed by atoms with Gasteiger partial charge in [0.05, 0.1) is 22.3 Å². The summed E-state index contributed by atoms with van der Waals surface area (Å²) in [4.78, 5) is 10.6. The van der Waals surface area contributed by atoms with E-state index in [-0.39, 0.29) is 54.9 Å². The van der Waals surface area contributed by atoms with Gasteiger partial charge in [-0.3, -0.25) is 9.55 Å². The van der Waals surface area contributed by atoms with E-state index in [0.717, 1.165) is 88.9 Å². The van der Waals surface area contributed by atoms with E-state index in [4.69, 9.17) is 14.4 Å². The molecule has 0 bridgehead atoms. The van der Waals surface area contributed by atoms with Gasteiger partial charge < -0.3 is 9.52 Å². The molecule has 0 fully saturated rings. The number of rotatable bonds is 6. The number of para-hydroxylation sites is 1. The van der Waals surface area contributed by atoms with Crippen molar-refractivity contribution in [3.8, 4) is 45.2 Å². The Morgan fingerprint density at radius 3 is 1.94 bits per heavy atom. The van der Waals surface area contributed by atoms with Gasteiger partial charge in [0.1, 0.15) is 22.7 Å². The van der Waals surface area contributed by atoms with Gasteiger partial charge in [0.25, 0.3) is 0 Å². The van der Waals surface area contributed by atoms with Crippen molar-refractivity contribution in [2.45, 2.75) is 118 Å². The summed E-state index contributed by atoms with van der Waals surface area (Å²) in [6, 6.07) is 40.3. The van der Waals surface area contributed by atoms with Gasteiger partial charge in [0, 0.05) is 49.3 Å². The number of nitrogens with zero attached hydrogens (tertiary/aromatic N) is 3. The molecule has 0 saturated carbocycles. The van der Waals surface area contributed by atoms with Crippen LogP contribution in [0.15, 0.2) is 114 Å². The molecule has 0 spiro atoms. The maximum atomic E-state index is 12.5. The van der Waals surface area contributed by atoms with Crippen LogP contribution in [0.5, 0.6) is 5.75 Å². The summed E-state index contributed by atoms with van der Waals surface area (Å²) in [5.74, 6) is 1.41. The number of hydrogen-bond donors (Lipinski definition) is 1. The van der Waals surface area contributed by atoms with Gasteiger partial charge in [-0.1, -0.05) is 162 Å². The topological polar surface area (TPSA) is 64.1 Å². The van der Waals surface area contributed by atoms with Gasteiger partial charge in [-0.15, -0.1) is 29.8 Å². The van der Waals surface area contributed by atoms with Crippen molar-refractivity contribution < 1.29 is 30.6 Å². The first-order valence-corrected chi connectivity index (χ1v) is 22.5. The van der Waals surface area contributed by atoms with Crippen LogP contribution in [0.2, 0.25) is 0 Å². The number of pyridine rings is 1. The Bertz CT molecular complexity index is 3220. The van der Waals surface area contributed by atoms with Crippen LogP contribution in [0.25, 0.3) is 83.2 Å². The molecule has 64 heavy (non-hydrogen) atoms. The molecule has 9 aromatic rings. The SMILES string of the molecule is CC(C)c1cc(C(C)(C)C)cc(C(C)C)c1-n1c(-c2cc(C(C)(C)C)cc(C(C)(C)C)c2O)nc2c(-c3[c-]c(-c4nccc5c4oc4ccc6ccccc6c45)ccc3)cccc21.[Pt]. The number of imidazole rings is 1. The summed E-state index contributed by atoms with van der Waals surface area (Å²) in [7, 11) is 0. The van der Waals surface area contributed by atoms with Crippen LogP contribution in [0, 0.1) is 6.07 Å². The van der Waals surface area contributed by atoms with Gasteiger partial charge in [0.2, 0.25) is 0 Å². The van der Waals surface area contributed by atoms with Crippen LogP contribution in [-0.2, 0) is 37.3 Å². The number of benzene rings is 6. The molecule has 3 heterocycles. The Kier molecular flexibility index (Phi) is 11.4. The first-order chi connectivity index (χ1) is 29.7. The summed E-state index contributed by atoms with van der Waals surface area (Å²) >= 11 is 0. The molecule has 6 heteroatoms. The molecule has 0 aliphatic carbocycles. The van der Waals surface area contributed by atoms with Crippen molar-refractivity contribution in [3.05, 3.63) is 143 Å². The van der Waals surface area contributed by atoms with Crippen LogP contribution in [0.3, 0.4) is 0 Å². The van der Waals surface area contributed by atoms with Crippen LogP contribution in [-0.4, -0.2) is 19.6 Å². The summed E-state index contributed by atoms with van der Waals surface area (Å²) < 4.78 is 8.98. The van der Waals surface area contributed by atoms with Gasteiger partial charge in [-0.05, 0) is 85.4 Å². The zero-order valence-corrected chi connectivity index (χ0v) is 41.8. The molecule has 0 atom stereocenters. The van der Waals surface area contributed by atoms with E-state index in [2.05, 4.69) is 204 Å². The number of aromatic hydroxyl groups is 1. The van der Waals surface area contributed by atoms with Gasteiger partial charge in [-0.2, -0.15) is 0 Å². The van der Waals surface area contributed by atoms with Crippen LogP contribution in [0.1, 0.15) is 130 Å². The molecule has 330 valence electrons. The fraction of sp³-hybridized carbons (Fsp3) is 0.310. The Morgan fingerprint density at radius 1 is 0.641 bits per heavy atom. The minimum Gasteiger partial charge on any atom is -0.507 e. The number of phenolic OH excluding ortho intramolecular Hbond substituents is 1. The molecule has 3 aromatic heterocycles.